The Kier molecular flexibility index (Phi) is 10.6. The molecule has 0 radical (unpaired) electrons. The average Bonchev–Trinajstić information content (AvgIpc) is 3.00. The van der Waals surface area contributed by atoms with Gasteiger partial charge in [0.1, 0.15) is 17.7 Å². The first kappa shape index (κ1) is 28.0. The molecule has 0 saturated carbocycles. The van der Waals surface area contributed by atoms with Crippen molar-refractivity contribution in [3.05, 3.63) is 12.7 Å². The van der Waals surface area contributed by atoms with Gasteiger partial charge in [-0.2, -0.15) is 0 Å². The maximum atomic E-state index is 12.8. The zero-order valence-corrected chi connectivity index (χ0v) is 21.8. The topological polar surface area (TPSA) is 78.9 Å². The zero-order valence-electron chi connectivity index (χ0n) is 20.0. The van der Waals surface area contributed by atoms with E-state index >= 15 is 0 Å². The van der Waals surface area contributed by atoms with E-state index < -0.39 is 32.0 Å². The molecule has 1 saturated heterocycles. The molecule has 0 bridgehead atoms. The molecule has 1 aliphatic rings. The van der Waals surface area contributed by atoms with Crippen LogP contribution in [0.3, 0.4) is 0 Å². The lowest BCUT2D eigenvalue weighted by molar-refractivity contribution is -0.143. The van der Waals surface area contributed by atoms with Crippen LogP contribution in [-0.2, 0) is 28.3 Å². The molecule has 0 amide bonds. The third-order valence-electron chi connectivity index (χ3n) is 6.44. The van der Waals surface area contributed by atoms with Crippen LogP contribution in [0.25, 0.3) is 0 Å². The molecular formula is C23H39ClO6Si. The zero-order chi connectivity index (χ0) is 24.0. The van der Waals surface area contributed by atoms with Crippen molar-refractivity contribution in [3.63, 3.8) is 0 Å². The first-order chi connectivity index (χ1) is 14.2. The van der Waals surface area contributed by atoms with Crippen LogP contribution in [0.2, 0.25) is 18.1 Å². The van der Waals surface area contributed by atoms with Gasteiger partial charge in [-0.25, -0.2) is 0 Å². The van der Waals surface area contributed by atoms with E-state index in [0.29, 0.717) is 6.42 Å². The summed E-state index contributed by atoms with van der Waals surface area (Å²) in [7, 11) is -0.591. The molecule has 1 heterocycles. The van der Waals surface area contributed by atoms with Gasteiger partial charge >= 0.3 is 5.97 Å². The van der Waals surface area contributed by atoms with Crippen molar-refractivity contribution < 1.29 is 28.3 Å². The number of ketones is 2. The highest BCUT2D eigenvalue weighted by atomic mass is 35.5. The van der Waals surface area contributed by atoms with E-state index in [1.807, 2.05) is 0 Å². The summed E-state index contributed by atoms with van der Waals surface area (Å²) in [5.74, 6) is -0.678. The summed E-state index contributed by atoms with van der Waals surface area (Å²) < 4.78 is 17.0. The summed E-state index contributed by atoms with van der Waals surface area (Å²) in [5.41, 5.74) is 0. The summed E-state index contributed by atoms with van der Waals surface area (Å²) >= 11 is 6.08. The van der Waals surface area contributed by atoms with Crippen LogP contribution in [0.4, 0.5) is 0 Å². The van der Waals surface area contributed by atoms with E-state index in [9.17, 15) is 14.4 Å². The van der Waals surface area contributed by atoms with Crippen molar-refractivity contribution in [2.45, 2.75) is 102 Å². The molecule has 1 fully saturated rings. The molecule has 1 rings (SSSR count). The third kappa shape index (κ3) is 8.44. The van der Waals surface area contributed by atoms with E-state index in [0.717, 1.165) is 0 Å². The lowest BCUT2D eigenvalue weighted by Crippen LogP contribution is -2.46. The van der Waals surface area contributed by atoms with Crippen molar-refractivity contribution in [3.8, 4) is 0 Å². The van der Waals surface area contributed by atoms with Gasteiger partial charge in [0.2, 0.25) is 0 Å². The van der Waals surface area contributed by atoms with Crippen molar-refractivity contribution >= 4 is 37.5 Å². The van der Waals surface area contributed by atoms with Gasteiger partial charge in [0.15, 0.2) is 8.32 Å². The van der Waals surface area contributed by atoms with Crippen molar-refractivity contribution in [1.82, 2.24) is 0 Å². The maximum absolute atomic E-state index is 12.8. The summed E-state index contributed by atoms with van der Waals surface area (Å²) in [5, 5.41) is -0.447. The molecule has 0 N–H and O–H groups in total. The number of cyclic esters (lactones) is 1. The van der Waals surface area contributed by atoms with E-state index in [-0.39, 0.29) is 54.2 Å². The molecule has 0 aliphatic carbocycles. The minimum atomic E-state index is -2.10. The molecule has 8 heteroatoms. The molecule has 5 atom stereocenters. The second-order valence-corrected chi connectivity index (χ2v) is 15.2. The van der Waals surface area contributed by atoms with Gasteiger partial charge in [0, 0.05) is 32.3 Å². The van der Waals surface area contributed by atoms with Crippen LogP contribution in [0.15, 0.2) is 12.7 Å². The highest BCUT2D eigenvalue weighted by Crippen LogP contribution is 2.39. The second-order valence-electron chi connectivity index (χ2n) is 9.96. The van der Waals surface area contributed by atoms with Crippen LogP contribution in [-0.4, -0.2) is 56.7 Å². The number of alkyl halides is 1. The van der Waals surface area contributed by atoms with Crippen LogP contribution in [0.1, 0.15) is 59.8 Å². The third-order valence-corrected chi connectivity index (χ3v) is 11.4. The van der Waals surface area contributed by atoms with E-state index in [2.05, 4.69) is 40.4 Å². The molecule has 1 aliphatic heterocycles. The predicted molar refractivity (Wildman–Crippen MR) is 125 cm³/mol. The fraction of sp³-hybridized carbons (Fsp3) is 0.783. The van der Waals surface area contributed by atoms with E-state index in [1.54, 1.807) is 13.0 Å². The van der Waals surface area contributed by atoms with Crippen molar-refractivity contribution in [1.29, 1.82) is 0 Å². The molecular weight excluding hydrogens is 436 g/mol. The Balaban J connectivity index is 2.61. The second kappa shape index (κ2) is 11.7. The Bertz CT molecular complexity index is 657. The number of methoxy groups -OCH3 is 1. The Morgan fingerprint density at radius 3 is 2.48 bits per heavy atom. The highest BCUT2D eigenvalue weighted by Gasteiger charge is 2.45. The molecule has 178 valence electrons. The van der Waals surface area contributed by atoms with Gasteiger partial charge in [0.25, 0.3) is 0 Å². The highest BCUT2D eigenvalue weighted by molar-refractivity contribution is 6.74. The standard InChI is InChI=1S/C23H39ClO6Si/c1-9-17(24)19(28-6)12-16(25)11-10-15(2)18(26)13-20-21(14-22(27)29-20)30-31(7,8)23(3,4)5/h9,15,17,19-21H,1,10-14H2,2-8H3/t15-,17+,19+,20-,21-/m0/s1. The van der Waals surface area contributed by atoms with Crippen molar-refractivity contribution in [2.75, 3.05) is 7.11 Å². The van der Waals surface area contributed by atoms with E-state index in [1.165, 1.54) is 7.11 Å². The normalized spacial score (nSPS) is 22.5. The van der Waals surface area contributed by atoms with Crippen LogP contribution >= 0.6 is 11.6 Å². The number of esters is 1. The largest absolute Gasteiger partial charge is 0.459 e. The SMILES string of the molecule is C=C[C@@H](Cl)[C@@H](CC(=O)CC[C@H](C)C(=O)C[C@@H]1OC(=O)C[C@@H]1O[Si](C)(C)C(C)(C)C)OC. The molecule has 0 aromatic carbocycles. The summed E-state index contributed by atoms with van der Waals surface area (Å²) in [6.07, 6.45) is 1.33. The lowest BCUT2D eigenvalue weighted by Gasteiger charge is -2.39. The van der Waals surface area contributed by atoms with Crippen molar-refractivity contribution in [2.24, 2.45) is 5.92 Å². The lowest BCUT2D eigenvalue weighted by atomic mass is 9.93. The Labute approximate surface area is 193 Å². The predicted octanol–water partition coefficient (Wildman–Crippen LogP) is 4.84. The summed E-state index contributed by atoms with van der Waals surface area (Å²) in [6.45, 7) is 16.1. The number of hydrogen-bond acceptors (Lipinski definition) is 6. The van der Waals surface area contributed by atoms with Crippen LogP contribution in [0.5, 0.6) is 0 Å². The Hall–Kier alpha value is -1.02. The Morgan fingerprint density at radius 2 is 1.97 bits per heavy atom. The Morgan fingerprint density at radius 1 is 1.35 bits per heavy atom. The summed E-state index contributed by atoms with van der Waals surface area (Å²) in [4.78, 5) is 36.9. The van der Waals surface area contributed by atoms with Crippen LogP contribution < -0.4 is 0 Å². The first-order valence-electron chi connectivity index (χ1n) is 10.9. The number of ether oxygens (including phenoxy) is 2. The molecule has 0 aromatic rings. The monoisotopic (exact) mass is 474 g/mol. The van der Waals surface area contributed by atoms with Gasteiger partial charge in [-0.05, 0) is 24.6 Å². The fourth-order valence-corrected chi connectivity index (χ4v) is 4.71. The molecule has 0 spiro atoms. The van der Waals surface area contributed by atoms with Crippen LogP contribution in [0, 0.1) is 5.92 Å². The van der Waals surface area contributed by atoms with Gasteiger partial charge in [-0.3, -0.25) is 14.4 Å². The van der Waals surface area contributed by atoms with E-state index in [4.69, 9.17) is 25.5 Å². The molecule has 31 heavy (non-hydrogen) atoms. The minimum Gasteiger partial charge on any atom is -0.459 e. The van der Waals surface area contributed by atoms with Gasteiger partial charge in [0.05, 0.1) is 24.0 Å². The van der Waals surface area contributed by atoms with Gasteiger partial charge in [-0.1, -0.05) is 33.8 Å². The molecule has 6 nitrogen and oxygen atoms in total. The molecule has 0 aromatic heterocycles. The number of Topliss-reactive ketones (excluding diaryl/α,β-unsaturated/α-hetero) is 2. The number of hydrogen-bond donors (Lipinski definition) is 0. The molecule has 0 unspecified atom stereocenters. The average molecular weight is 475 g/mol. The minimum absolute atomic E-state index is 0.00541. The number of carbonyl (C=O) groups excluding carboxylic acids is 3. The smallest absolute Gasteiger partial charge is 0.308 e. The van der Waals surface area contributed by atoms with Gasteiger partial charge in [-0.15, -0.1) is 18.2 Å². The maximum Gasteiger partial charge on any atom is 0.308 e. The number of carbonyl (C=O) groups is 3. The quantitative estimate of drug-likeness (QED) is 0.164. The summed E-state index contributed by atoms with van der Waals surface area (Å²) in [6, 6.07) is 0. The fourth-order valence-electron chi connectivity index (χ4n) is 3.18. The van der Waals surface area contributed by atoms with Gasteiger partial charge < -0.3 is 13.9 Å². The number of halogens is 1. The first-order valence-corrected chi connectivity index (χ1v) is 14.3. The number of rotatable bonds is 13.